The number of carbonyl (C=O) groups excluding carboxylic acids is 1. The third kappa shape index (κ3) is 5.79. The molecule has 0 spiro atoms. The zero-order valence-corrected chi connectivity index (χ0v) is 21.2. The lowest BCUT2D eigenvalue weighted by molar-refractivity contribution is 0.102. The predicted molar refractivity (Wildman–Crippen MR) is 142 cm³/mol. The fourth-order valence-electron chi connectivity index (χ4n) is 4.41. The molecule has 4 aromatic rings. The zero-order valence-electron chi connectivity index (χ0n) is 21.2. The van der Waals surface area contributed by atoms with E-state index in [9.17, 15) is 4.79 Å². The molecule has 1 aromatic carbocycles. The van der Waals surface area contributed by atoms with Gasteiger partial charge in [-0.05, 0) is 24.3 Å². The quantitative estimate of drug-likeness (QED) is 0.339. The number of imidazole rings is 1. The van der Waals surface area contributed by atoms with Gasteiger partial charge in [0, 0.05) is 59.2 Å². The van der Waals surface area contributed by atoms with Gasteiger partial charge in [-0.3, -0.25) is 14.4 Å². The highest BCUT2D eigenvalue weighted by Gasteiger charge is 2.19. The number of methoxy groups -OCH3 is 2. The normalized spacial score (nSPS) is 14.4. The molecule has 0 radical (unpaired) electrons. The van der Waals surface area contributed by atoms with Gasteiger partial charge in [0.25, 0.3) is 5.91 Å². The van der Waals surface area contributed by atoms with E-state index in [4.69, 9.17) is 9.47 Å². The molecule has 4 heterocycles. The highest BCUT2D eigenvalue weighted by Crippen LogP contribution is 2.24. The van der Waals surface area contributed by atoms with Crippen molar-refractivity contribution in [3.8, 4) is 11.5 Å². The topological polar surface area (TPSA) is 113 Å². The lowest BCUT2D eigenvalue weighted by Gasteiger charge is -2.35. The molecule has 0 atom stereocenters. The van der Waals surface area contributed by atoms with Crippen molar-refractivity contribution in [1.82, 2.24) is 29.6 Å². The van der Waals surface area contributed by atoms with Gasteiger partial charge in [-0.15, -0.1) is 0 Å². The Morgan fingerprint density at radius 3 is 2.54 bits per heavy atom. The molecule has 194 valence electrons. The number of fused-ring (bicyclic) bond motifs is 1. The number of carbonyl (C=O) groups is 1. The van der Waals surface area contributed by atoms with Gasteiger partial charge in [0.05, 0.1) is 36.4 Å². The smallest absolute Gasteiger partial charge is 0.258 e. The Morgan fingerprint density at radius 1 is 1.03 bits per heavy atom. The molecule has 1 amide bonds. The van der Waals surface area contributed by atoms with E-state index in [0.717, 1.165) is 61.9 Å². The van der Waals surface area contributed by atoms with Crippen molar-refractivity contribution in [3.63, 3.8) is 0 Å². The number of piperazine rings is 1. The molecule has 1 fully saturated rings. The lowest BCUT2D eigenvalue weighted by atomic mass is 10.2. The maximum atomic E-state index is 13.0. The van der Waals surface area contributed by atoms with E-state index in [2.05, 4.69) is 35.2 Å². The van der Waals surface area contributed by atoms with Crippen molar-refractivity contribution in [2.24, 2.45) is 0 Å². The number of amides is 1. The van der Waals surface area contributed by atoms with Gasteiger partial charge in [-0.2, -0.15) is 5.10 Å². The second-order valence-electron chi connectivity index (χ2n) is 8.91. The molecule has 1 aliphatic rings. The van der Waals surface area contributed by atoms with Crippen molar-refractivity contribution < 1.29 is 14.3 Å². The van der Waals surface area contributed by atoms with Gasteiger partial charge < -0.3 is 24.7 Å². The maximum Gasteiger partial charge on any atom is 0.258 e. The number of para-hydroxylation sites is 2. The standard InChI is InChI=1S/C26H32N8O3/c1-36-15-13-32-9-11-33(12-10-32)24-8-7-19(18-27-24)26(35)30-23-17-22(34(31-23)14-16-37-2)25-28-20-5-3-4-6-21(20)29-25/h3-8,17-18H,9-16H2,1-2H3,(H,28,29)(H,30,31,35). The van der Waals surface area contributed by atoms with Crippen LogP contribution in [0.15, 0.2) is 48.7 Å². The maximum absolute atomic E-state index is 13.0. The van der Waals surface area contributed by atoms with Crippen LogP contribution in [-0.4, -0.2) is 95.7 Å². The third-order valence-electron chi connectivity index (χ3n) is 6.48. The minimum absolute atomic E-state index is 0.268. The molecular formula is C26H32N8O3. The summed E-state index contributed by atoms with van der Waals surface area (Å²) in [7, 11) is 3.37. The van der Waals surface area contributed by atoms with Crippen LogP contribution in [0.25, 0.3) is 22.6 Å². The number of ether oxygens (including phenoxy) is 2. The molecule has 2 N–H and O–H groups in total. The van der Waals surface area contributed by atoms with Crippen LogP contribution in [0, 0.1) is 0 Å². The monoisotopic (exact) mass is 504 g/mol. The number of H-pyrrole nitrogens is 1. The van der Waals surface area contributed by atoms with Gasteiger partial charge in [0.1, 0.15) is 11.5 Å². The number of pyridine rings is 1. The van der Waals surface area contributed by atoms with Crippen LogP contribution in [-0.2, 0) is 16.0 Å². The summed E-state index contributed by atoms with van der Waals surface area (Å²) in [6.07, 6.45) is 1.62. The van der Waals surface area contributed by atoms with E-state index in [1.807, 2.05) is 36.4 Å². The molecule has 5 rings (SSSR count). The van der Waals surface area contributed by atoms with Crippen molar-refractivity contribution in [1.29, 1.82) is 0 Å². The zero-order chi connectivity index (χ0) is 25.6. The number of aromatic amines is 1. The molecule has 1 aliphatic heterocycles. The SMILES string of the molecule is COCCN1CCN(c2ccc(C(=O)Nc3cc(-c4nc5ccccc5[nH]4)n(CCOC)n3)cn2)CC1. The summed E-state index contributed by atoms with van der Waals surface area (Å²) in [5, 5.41) is 7.48. The van der Waals surface area contributed by atoms with E-state index in [1.165, 1.54) is 0 Å². The number of hydrogen-bond acceptors (Lipinski definition) is 8. The number of benzene rings is 1. The van der Waals surface area contributed by atoms with Crippen molar-refractivity contribution in [3.05, 3.63) is 54.2 Å². The molecular weight excluding hydrogens is 472 g/mol. The fourth-order valence-corrected chi connectivity index (χ4v) is 4.41. The molecule has 37 heavy (non-hydrogen) atoms. The van der Waals surface area contributed by atoms with Gasteiger partial charge in [-0.1, -0.05) is 12.1 Å². The Balaban J connectivity index is 1.26. The summed E-state index contributed by atoms with van der Waals surface area (Å²) in [5.74, 6) is 1.72. The highest BCUT2D eigenvalue weighted by atomic mass is 16.5. The number of hydrogen-bond donors (Lipinski definition) is 2. The Hall–Kier alpha value is -3.80. The first kappa shape index (κ1) is 24.9. The summed E-state index contributed by atoms with van der Waals surface area (Å²) in [4.78, 5) is 30.2. The molecule has 11 heteroatoms. The van der Waals surface area contributed by atoms with Crippen LogP contribution < -0.4 is 10.2 Å². The van der Waals surface area contributed by atoms with E-state index in [1.54, 1.807) is 31.2 Å². The van der Waals surface area contributed by atoms with E-state index >= 15 is 0 Å². The average molecular weight is 505 g/mol. The van der Waals surface area contributed by atoms with E-state index in [0.29, 0.717) is 30.4 Å². The van der Waals surface area contributed by atoms with E-state index < -0.39 is 0 Å². The molecule has 3 aromatic heterocycles. The predicted octanol–water partition coefficient (Wildman–Crippen LogP) is 2.49. The first-order chi connectivity index (χ1) is 18.1. The van der Waals surface area contributed by atoms with Crippen LogP contribution >= 0.6 is 0 Å². The van der Waals surface area contributed by atoms with Crippen molar-refractivity contribution in [2.45, 2.75) is 6.54 Å². The molecule has 0 saturated carbocycles. The number of nitrogens with one attached hydrogen (secondary N) is 2. The van der Waals surface area contributed by atoms with Crippen molar-refractivity contribution >= 4 is 28.6 Å². The largest absolute Gasteiger partial charge is 0.383 e. The van der Waals surface area contributed by atoms with Crippen LogP contribution in [0.4, 0.5) is 11.6 Å². The first-order valence-corrected chi connectivity index (χ1v) is 12.4. The van der Waals surface area contributed by atoms with E-state index in [-0.39, 0.29) is 5.91 Å². The number of anilines is 2. The second kappa shape index (κ2) is 11.5. The van der Waals surface area contributed by atoms with Gasteiger partial charge >= 0.3 is 0 Å². The van der Waals surface area contributed by atoms with Crippen LogP contribution in [0.5, 0.6) is 0 Å². The van der Waals surface area contributed by atoms with Crippen LogP contribution in [0.3, 0.4) is 0 Å². The Bertz CT molecular complexity index is 1290. The molecule has 1 saturated heterocycles. The lowest BCUT2D eigenvalue weighted by Crippen LogP contribution is -2.47. The summed E-state index contributed by atoms with van der Waals surface area (Å²) < 4.78 is 12.2. The van der Waals surface area contributed by atoms with Crippen molar-refractivity contribution in [2.75, 3.05) is 70.4 Å². The Morgan fingerprint density at radius 2 is 1.81 bits per heavy atom. The third-order valence-corrected chi connectivity index (χ3v) is 6.48. The summed E-state index contributed by atoms with van der Waals surface area (Å²) >= 11 is 0. The Labute approximate surface area is 215 Å². The van der Waals surface area contributed by atoms with Gasteiger partial charge in [0.2, 0.25) is 0 Å². The molecule has 11 nitrogen and oxygen atoms in total. The summed E-state index contributed by atoms with van der Waals surface area (Å²) in [6.45, 7) is 6.40. The Kier molecular flexibility index (Phi) is 7.73. The molecule has 0 aliphatic carbocycles. The number of nitrogens with zero attached hydrogens (tertiary/aromatic N) is 6. The summed E-state index contributed by atoms with van der Waals surface area (Å²) in [5.41, 5.74) is 3.04. The highest BCUT2D eigenvalue weighted by molar-refractivity contribution is 6.03. The van der Waals surface area contributed by atoms with Gasteiger partial charge in [-0.25, -0.2) is 9.97 Å². The summed E-state index contributed by atoms with van der Waals surface area (Å²) in [6, 6.07) is 13.3. The van der Waals surface area contributed by atoms with Crippen LogP contribution in [0.2, 0.25) is 0 Å². The molecule has 0 unspecified atom stereocenters. The number of rotatable bonds is 10. The number of aromatic nitrogens is 5. The first-order valence-electron chi connectivity index (χ1n) is 12.4. The fraction of sp³-hybridized carbons (Fsp3) is 0.385. The minimum Gasteiger partial charge on any atom is -0.383 e. The second-order valence-corrected chi connectivity index (χ2v) is 8.91. The van der Waals surface area contributed by atoms with Gasteiger partial charge in [0.15, 0.2) is 11.6 Å². The minimum atomic E-state index is -0.268. The molecule has 0 bridgehead atoms. The average Bonchev–Trinajstić information content (AvgIpc) is 3.55. The van der Waals surface area contributed by atoms with Crippen LogP contribution in [0.1, 0.15) is 10.4 Å².